The predicted molar refractivity (Wildman–Crippen MR) is 90.2 cm³/mol. The summed E-state index contributed by atoms with van der Waals surface area (Å²) in [7, 11) is 0. The van der Waals surface area contributed by atoms with E-state index in [0.29, 0.717) is 24.4 Å². The molecule has 0 spiro atoms. The van der Waals surface area contributed by atoms with Gasteiger partial charge in [-0.2, -0.15) is 0 Å². The van der Waals surface area contributed by atoms with Gasteiger partial charge in [-0.25, -0.2) is 13.9 Å². The zero-order chi connectivity index (χ0) is 18.7. The fraction of sp³-hybridized carbons (Fsp3) is 0.471. The van der Waals surface area contributed by atoms with Crippen LogP contribution in [0.15, 0.2) is 24.3 Å². The van der Waals surface area contributed by atoms with Crippen molar-refractivity contribution in [3.8, 4) is 0 Å². The third-order valence-corrected chi connectivity index (χ3v) is 4.67. The van der Waals surface area contributed by atoms with Crippen molar-refractivity contribution in [3.63, 3.8) is 0 Å². The van der Waals surface area contributed by atoms with Gasteiger partial charge in [-0.3, -0.25) is 9.69 Å². The highest BCUT2D eigenvalue weighted by atomic mass is 19.1. The molecule has 1 saturated heterocycles. The van der Waals surface area contributed by atoms with Gasteiger partial charge in [0.1, 0.15) is 11.4 Å². The number of aromatic nitrogens is 4. The van der Waals surface area contributed by atoms with Gasteiger partial charge in [-0.1, -0.05) is 32.4 Å². The van der Waals surface area contributed by atoms with E-state index in [4.69, 9.17) is 0 Å². The second-order valence-corrected chi connectivity index (χ2v) is 6.26. The Labute approximate surface area is 150 Å². The van der Waals surface area contributed by atoms with Crippen LogP contribution in [0.5, 0.6) is 0 Å². The lowest BCUT2D eigenvalue weighted by molar-refractivity contribution is -0.132. The summed E-state index contributed by atoms with van der Waals surface area (Å²) in [6.07, 6.45) is 2.22. The molecule has 2 aromatic rings. The van der Waals surface area contributed by atoms with Gasteiger partial charge in [-0.05, 0) is 41.0 Å². The van der Waals surface area contributed by atoms with Gasteiger partial charge in [0.2, 0.25) is 0 Å². The lowest BCUT2D eigenvalue weighted by atomic mass is 9.87. The number of rotatable bonds is 7. The number of carbonyl (C=O) groups is 2. The monoisotopic (exact) mass is 360 g/mol. The minimum Gasteiger partial charge on any atom is -0.319 e. The third kappa shape index (κ3) is 3.04. The zero-order valence-electron chi connectivity index (χ0n) is 14.8. The molecule has 0 aliphatic carbocycles. The summed E-state index contributed by atoms with van der Waals surface area (Å²) in [5, 5.41) is 14.3. The molecule has 1 aliphatic heterocycles. The number of benzene rings is 1. The van der Waals surface area contributed by atoms with Gasteiger partial charge >= 0.3 is 6.03 Å². The van der Waals surface area contributed by atoms with Crippen molar-refractivity contribution in [2.45, 2.75) is 51.7 Å². The Kier molecular flexibility index (Phi) is 4.97. The molecular weight excluding hydrogens is 339 g/mol. The van der Waals surface area contributed by atoms with Gasteiger partial charge in [0.25, 0.3) is 5.91 Å². The number of nitrogens with zero attached hydrogens (tertiary/aromatic N) is 5. The predicted octanol–water partition coefficient (Wildman–Crippen LogP) is 1.97. The number of amides is 3. The van der Waals surface area contributed by atoms with E-state index in [1.54, 1.807) is 11.6 Å². The van der Waals surface area contributed by atoms with Crippen molar-refractivity contribution in [1.29, 1.82) is 0 Å². The van der Waals surface area contributed by atoms with E-state index in [0.717, 1.165) is 17.7 Å². The van der Waals surface area contributed by atoms with E-state index in [1.165, 1.54) is 24.3 Å². The van der Waals surface area contributed by atoms with E-state index < -0.39 is 17.4 Å². The number of aryl methyl sites for hydroxylation is 1. The molecule has 1 aromatic carbocycles. The fourth-order valence-corrected chi connectivity index (χ4v) is 3.10. The van der Waals surface area contributed by atoms with Crippen LogP contribution in [-0.4, -0.2) is 37.0 Å². The number of imide groups is 1. The molecule has 1 aromatic heterocycles. The van der Waals surface area contributed by atoms with Gasteiger partial charge in [0, 0.05) is 6.54 Å². The fourth-order valence-electron chi connectivity index (χ4n) is 3.10. The maximum Gasteiger partial charge on any atom is 0.325 e. The van der Waals surface area contributed by atoms with Gasteiger partial charge in [-0.15, -0.1) is 5.10 Å². The molecule has 1 N–H and O–H groups in total. The Morgan fingerprint density at radius 3 is 2.58 bits per heavy atom. The smallest absolute Gasteiger partial charge is 0.319 e. The number of hydrogen-bond acceptors (Lipinski definition) is 5. The summed E-state index contributed by atoms with van der Waals surface area (Å²) in [5.74, 6) is -0.335. The van der Waals surface area contributed by atoms with Crippen LogP contribution in [0, 0.1) is 5.82 Å². The van der Waals surface area contributed by atoms with Gasteiger partial charge in [0.05, 0.1) is 6.54 Å². The summed E-state index contributed by atoms with van der Waals surface area (Å²) in [6, 6.07) is 5.09. The number of unbranched alkanes of at least 4 members (excludes halogenated alkanes) is 1. The topological polar surface area (TPSA) is 93.0 Å². The highest BCUT2D eigenvalue weighted by Gasteiger charge is 2.51. The van der Waals surface area contributed by atoms with E-state index in [2.05, 4.69) is 27.8 Å². The van der Waals surface area contributed by atoms with Crippen molar-refractivity contribution in [2.75, 3.05) is 0 Å². The van der Waals surface area contributed by atoms with Crippen molar-refractivity contribution < 1.29 is 14.0 Å². The van der Waals surface area contributed by atoms with Crippen LogP contribution in [0.25, 0.3) is 0 Å². The highest BCUT2D eigenvalue weighted by molar-refractivity contribution is 6.07. The summed E-state index contributed by atoms with van der Waals surface area (Å²) >= 11 is 0. The van der Waals surface area contributed by atoms with E-state index in [9.17, 15) is 14.0 Å². The average Bonchev–Trinajstić information content (AvgIpc) is 3.18. The van der Waals surface area contributed by atoms with Crippen LogP contribution in [0.2, 0.25) is 0 Å². The molecule has 1 aliphatic rings. The molecule has 9 heteroatoms. The number of urea groups is 1. The summed E-state index contributed by atoms with van der Waals surface area (Å²) < 4.78 is 14.8. The van der Waals surface area contributed by atoms with Gasteiger partial charge in [0.15, 0.2) is 5.82 Å². The molecule has 8 nitrogen and oxygen atoms in total. The standard InChI is InChI=1S/C17H21FN6O2/c1-3-5-10-24-14(20-21-22-24)11-23-15(25)17(4-2,19-16(23)26)12-6-8-13(18)9-7-12/h6-9H,3-5,10-11H2,1-2H3,(H,19,26)/t17-/m0/s1. The van der Waals surface area contributed by atoms with Crippen LogP contribution in [-0.2, 0) is 23.4 Å². The minimum atomic E-state index is -1.20. The molecule has 3 rings (SSSR count). The molecule has 3 amide bonds. The number of carbonyl (C=O) groups excluding carboxylic acids is 2. The Hall–Kier alpha value is -2.84. The highest BCUT2D eigenvalue weighted by Crippen LogP contribution is 2.33. The summed E-state index contributed by atoms with van der Waals surface area (Å²) in [4.78, 5) is 26.7. The summed E-state index contributed by atoms with van der Waals surface area (Å²) in [6.45, 7) is 4.47. The van der Waals surface area contributed by atoms with Crippen molar-refractivity contribution in [1.82, 2.24) is 30.4 Å². The molecule has 26 heavy (non-hydrogen) atoms. The number of hydrogen-bond donors (Lipinski definition) is 1. The molecule has 0 radical (unpaired) electrons. The number of tetrazole rings is 1. The summed E-state index contributed by atoms with van der Waals surface area (Å²) in [5.41, 5.74) is -0.653. The zero-order valence-corrected chi connectivity index (χ0v) is 14.8. The lowest BCUT2D eigenvalue weighted by Gasteiger charge is -2.25. The molecule has 2 heterocycles. The average molecular weight is 360 g/mol. The van der Waals surface area contributed by atoms with Gasteiger partial charge < -0.3 is 5.32 Å². The maximum atomic E-state index is 13.2. The Bertz CT molecular complexity index is 806. The molecule has 138 valence electrons. The van der Waals surface area contributed by atoms with Crippen LogP contribution >= 0.6 is 0 Å². The largest absolute Gasteiger partial charge is 0.325 e. The molecule has 0 saturated carbocycles. The first-order valence-corrected chi connectivity index (χ1v) is 8.67. The normalized spacial score (nSPS) is 19.9. The van der Waals surface area contributed by atoms with E-state index in [-0.39, 0.29) is 12.5 Å². The van der Waals surface area contributed by atoms with Crippen molar-refractivity contribution in [2.24, 2.45) is 0 Å². The Balaban J connectivity index is 1.86. The Morgan fingerprint density at radius 2 is 1.92 bits per heavy atom. The van der Waals surface area contributed by atoms with Crippen LogP contribution in [0.4, 0.5) is 9.18 Å². The van der Waals surface area contributed by atoms with E-state index >= 15 is 0 Å². The second kappa shape index (κ2) is 7.19. The lowest BCUT2D eigenvalue weighted by Crippen LogP contribution is -2.43. The second-order valence-electron chi connectivity index (χ2n) is 6.26. The van der Waals surface area contributed by atoms with Crippen LogP contribution in [0.3, 0.4) is 0 Å². The van der Waals surface area contributed by atoms with E-state index in [1.807, 2.05) is 0 Å². The quantitative estimate of drug-likeness (QED) is 0.762. The molecular formula is C17H21FN6O2. The first kappa shape index (κ1) is 18.0. The first-order chi connectivity index (χ1) is 12.5. The van der Waals surface area contributed by atoms with Crippen LogP contribution < -0.4 is 5.32 Å². The SMILES string of the molecule is CCCCn1nnnc1CN1C(=O)N[C@@](CC)(c2ccc(F)cc2)C1=O. The molecule has 1 atom stereocenters. The third-order valence-electron chi connectivity index (χ3n) is 4.67. The van der Waals surface area contributed by atoms with Crippen molar-refractivity contribution in [3.05, 3.63) is 41.5 Å². The maximum absolute atomic E-state index is 13.2. The minimum absolute atomic E-state index is 0.00960. The number of nitrogens with one attached hydrogen (secondary N) is 1. The first-order valence-electron chi connectivity index (χ1n) is 8.67. The Morgan fingerprint density at radius 1 is 1.19 bits per heavy atom. The molecule has 0 bridgehead atoms. The van der Waals surface area contributed by atoms with Crippen LogP contribution in [0.1, 0.15) is 44.5 Å². The molecule has 0 unspecified atom stereocenters. The molecule has 1 fully saturated rings. The number of halogens is 1. The van der Waals surface area contributed by atoms with Crippen molar-refractivity contribution >= 4 is 11.9 Å².